The number of nitriles is 1. The van der Waals surface area contributed by atoms with Gasteiger partial charge in [0, 0.05) is 35.8 Å². The lowest BCUT2D eigenvalue weighted by Crippen LogP contribution is -2.10. The van der Waals surface area contributed by atoms with Gasteiger partial charge in [0.25, 0.3) is 0 Å². The SMILES string of the molecule is N#C[C@H](Nc1ccc2c(c1)CNC2)c1cc(Cl)cc2c1OCC2. The van der Waals surface area contributed by atoms with Crippen molar-refractivity contribution in [1.29, 1.82) is 5.26 Å². The van der Waals surface area contributed by atoms with E-state index in [0.717, 1.165) is 42.1 Å². The third-order valence-electron chi connectivity index (χ3n) is 4.37. The van der Waals surface area contributed by atoms with Gasteiger partial charge in [0.2, 0.25) is 0 Å². The van der Waals surface area contributed by atoms with Crippen LogP contribution < -0.4 is 15.4 Å². The van der Waals surface area contributed by atoms with Crippen LogP contribution in [0.3, 0.4) is 0 Å². The number of benzene rings is 2. The van der Waals surface area contributed by atoms with Crippen molar-refractivity contribution in [1.82, 2.24) is 5.32 Å². The van der Waals surface area contributed by atoms with Gasteiger partial charge in [0.15, 0.2) is 0 Å². The van der Waals surface area contributed by atoms with Gasteiger partial charge in [0.1, 0.15) is 11.8 Å². The largest absolute Gasteiger partial charge is 0.493 e. The molecule has 1 atom stereocenters. The number of hydrogen-bond acceptors (Lipinski definition) is 4. The number of nitrogens with zero attached hydrogens (tertiary/aromatic N) is 1. The van der Waals surface area contributed by atoms with Gasteiger partial charge in [-0.3, -0.25) is 0 Å². The van der Waals surface area contributed by atoms with Crippen molar-refractivity contribution in [3.8, 4) is 11.8 Å². The molecule has 0 bridgehead atoms. The van der Waals surface area contributed by atoms with Crippen molar-refractivity contribution in [3.05, 3.63) is 57.6 Å². The summed E-state index contributed by atoms with van der Waals surface area (Å²) in [5.41, 5.74) is 5.42. The van der Waals surface area contributed by atoms with Crippen LogP contribution in [-0.4, -0.2) is 6.61 Å². The maximum Gasteiger partial charge on any atom is 0.143 e. The second-order valence-corrected chi connectivity index (χ2v) is 6.31. The van der Waals surface area contributed by atoms with E-state index in [2.05, 4.69) is 28.8 Å². The first-order valence-electron chi connectivity index (χ1n) is 7.68. The van der Waals surface area contributed by atoms with Gasteiger partial charge >= 0.3 is 0 Å². The first kappa shape index (κ1) is 14.4. The summed E-state index contributed by atoms with van der Waals surface area (Å²) in [4.78, 5) is 0. The van der Waals surface area contributed by atoms with Gasteiger partial charge in [0.05, 0.1) is 12.7 Å². The van der Waals surface area contributed by atoms with Gasteiger partial charge in [-0.15, -0.1) is 0 Å². The molecule has 2 N–H and O–H groups in total. The van der Waals surface area contributed by atoms with E-state index < -0.39 is 6.04 Å². The highest BCUT2D eigenvalue weighted by Gasteiger charge is 2.23. The molecule has 0 fully saturated rings. The monoisotopic (exact) mass is 325 g/mol. The Hall–Kier alpha value is -2.22. The van der Waals surface area contributed by atoms with E-state index >= 15 is 0 Å². The molecule has 23 heavy (non-hydrogen) atoms. The summed E-state index contributed by atoms with van der Waals surface area (Å²) in [7, 11) is 0. The lowest BCUT2D eigenvalue weighted by molar-refractivity contribution is 0.353. The van der Waals surface area contributed by atoms with E-state index in [0.29, 0.717) is 11.6 Å². The Bertz CT molecular complexity index is 813. The van der Waals surface area contributed by atoms with Gasteiger partial charge in [-0.2, -0.15) is 5.26 Å². The Morgan fingerprint density at radius 2 is 2.04 bits per heavy atom. The second kappa shape index (κ2) is 5.77. The van der Waals surface area contributed by atoms with Crippen LogP contribution in [0, 0.1) is 11.3 Å². The Balaban J connectivity index is 1.67. The minimum atomic E-state index is -0.493. The highest BCUT2D eigenvalue weighted by atomic mass is 35.5. The van der Waals surface area contributed by atoms with Crippen molar-refractivity contribution in [2.45, 2.75) is 25.6 Å². The maximum absolute atomic E-state index is 9.63. The zero-order valence-electron chi connectivity index (χ0n) is 12.5. The lowest BCUT2D eigenvalue weighted by Gasteiger charge is -2.17. The summed E-state index contributed by atoms with van der Waals surface area (Å²) < 4.78 is 5.72. The van der Waals surface area contributed by atoms with Crippen LogP contribution in [0.4, 0.5) is 5.69 Å². The normalized spacial score (nSPS) is 16.2. The number of fused-ring (bicyclic) bond motifs is 2. The molecule has 2 aromatic carbocycles. The molecule has 0 radical (unpaired) electrons. The van der Waals surface area contributed by atoms with Crippen LogP contribution in [0.2, 0.25) is 5.02 Å². The molecule has 4 rings (SSSR count). The number of hydrogen-bond donors (Lipinski definition) is 2. The summed E-state index contributed by atoms with van der Waals surface area (Å²) in [6, 6.07) is 11.8. The summed E-state index contributed by atoms with van der Waals surface area (Å²) in [5, 5.41) is 16.9. The fourth-order valence-electron chi connectivity index (χ4n) is 3.24. The standard InChI is InChI=1S/C18H16ClN3O/c19-14-5-11-3-4-23-18(11)16(7-14)17(8-20)22-15-2-1-12-9-21-10-13(12)6-15/h1-2,5-7,17,21-22H,3-4,9-10H2/t17-/m0/s1. The predicted molar refractivity (Wildman–Crippen MR) is 89.6 cm³/mol. The Labute approximate surface area is 140 Å². The van der Waals surface area contributed by atoms with E-state index in [1.807, 2.05) is 18.2 Å². The number of rotatable bonds is 3. The summed E-state index contributed by atoms with van der Waals surface area (Å²) in [6.45, 7) is 2.43. The molecule has 0 spiro atoms. The Morgan fingerprint density at radius 1 is 1.17 bits per heavy atom. The molecular formula is C18H16ClN3O. The molecule has 2 aliphatic heterocycles. The maximum atomic E-state index is 9.63. The van der Waals surface area contributed by atoms with Crippen molar-refractivity contribution >= 4 is 17.3 Å². The summed E-state index contributed by atoms with van der Waals surface area (Å²) in [5.74, 6) is 0.802. The molecule has 2 aliphatic rings. The zero-order chi connectivity index (χ0) is 15.8. The van der Waals surface area contributed by atoms with Gasteiger partial charge < -0.3 is 15.4 Å². The fourth-order valence-corrected chi connectivity index (χ4v) is 3.49. The molecule has 0 aromatic heterocycles. The Morgan fingerprint density at radius 3 is 2.91 bits per heavy atom. The van der Waals surface area contributed by atoms with Crippen molar-refractivity contribution in [2.24, 2.45) is 0 Å². The van der Waals surface area contributed by atoms with Crippen LogP contribution in [0.5, 0.6) is 5.75 Å². The first-order valence-corrected chi connectivity index (χ1v) is 8.06. The average molecular weight is 326 g/mol. The quantitative estimate of drug-likeness (QED) is 0.906. The third kappa shape index (κ3) is 2.63. The fraction of sp³-hybridized carbons (Fsp3) is 0.278. The molecule has 5 heteroatoms. The molecule has 0 aliphatic carbocycles. The molecule has 116 valence electrons. The van der Waals surface area contributed by atoms with Crippen LogP contribution in [0.15, 0.2) is 30.3 Å². The van der Waals surface area contributed by atoms with Crippen LogP contribution in [0.1, 0.15) is 28.3 Å². The van der Waals surface area contributed by atoms with Crippen molar-refractivity contribution in [3.63, 3.8) is 0 Å². The topological polar surface area (TPSA) is 57.1 Å². The van der Waals surface area contributed by atoms with Crippen LogP contribution in [0.25, 0.3) is 0 Å². The molecule has 2 aromatic rings. The van der Waals surface area contributed by atoms with E-state index in [1.54, 1.807) is 0 Å². The van der Waals surface area contributed by atoms with E-state index in [-0.39, 0.29) is 0 Å². The zero-order valence-corrected chi connectivity index (χ0v) is 13.3. The summed E-state index contributed by atoms with van der Waals surface area (Å²) >= 11 is 6.21. The van der Waals surface area contributed by atoms with Crippen LogP contribution >= 0.6 is 11.6 Å². The number of nitrogens with one attached hydrogen (secondary N) is 2. The smallest absolute Gasteiger partial charge is 0.143 e. The molecule has 0 unspecified atom stereocenters. The molecule has 0 amide bonds. The number of halogens is 1. The highest BCUT2D eigenvalue weighted by Crippen LogP contribution is 2.37. The molecule has 0 saturated carbocycles. The third-order valence-corrected chi connectivity index (χ3v) is 4.58. The van der Waals surface area contributed by atoms with Crippen LogP contribution in [-0.2, 0) is 19.5 Å². The molecule has 4 nitrogen and oxygen atoms in total. The molecular weight excluding hydrogens is 310 g/mol. The molecule has 0 saturated heterocycles. The number of anilines is 1. The minimum Gasteiger partial charge on any atom is -0.493 e. The first-order chi connectivity index (χ1) is 11.2. The van der Waals surface area contributed by atoms with E-state index in [9.17, 15) is 5.26 Å². The second-order valence-electron chi connectivity index (χ2n) is 5.88. The molecule has 2 heterocycles. The van der Waals surface area contributed by atoms with Gasteiger partial charge in [-0.05, 0) is 41.0 Å². The van der Waals surface area contributed by atoms with Gasteiger partial charge in [-0.1, -0.05) is 17.7 Å². The Kier molecular flexibility index (Phi) is 3.60. The van der Waals surface area contributed by atoms with Gasteiger partial charge in [-0.25, -0.2) is 0 Å². The predicted octanol–water partition coefficient (Wildman–Crippen LogP) is 3.55. The lowest BCUT2D eigenvalue weighted by atomic mass is 10.0. The highest BCUT2D eigenvalue weighted by molar-refractivity contribution is 6.30. The summed E-state index contributed by atoms with van der Waals surface area (Å²) in [6.07, 6.45) is 0.839. The number of ether oxygens (including phenoxy) is 1. The van der Waals surface area contributed by atoms with E-state index in [1.165, 1.54) is 11.1 Å². The average Bonchev–Trinajstić information content (AvgIpc) is 3.19. The van der Waals surface area contributed by atoms with Crippen molar-refractivity contribution < 1.29 is 4.74 Å². The van der Waals surface area contributed by atoms with Crippen molar-refractivity contribution in [2.75, 3.05) is 11.9 Å². The minimum absolute atomic E-state index is 0.493. The van der Waals surface area contributed by atoms with E-state index in [4.69, 9.17) is 16.3 Å².